The van der Waals surface area contributed by atoms with Crippen LogP contribution in [0.3, 0.4) is 0 Å². The number of thiocarbonyl (C=S) groups is 1. The molecule has 1 unspecified atom stereocenters. The maximum Gasteiger partial charge on any atom is 0.203 e. The van der Waals surface area contributed by atoms with Crippen LogP contribution < -0.4 is 4.90 Å². The summed E-state index contributed by atoms with van der Waals surface area (Å²) in [5, 5.41) is 0.580. The number of allylic oxidation sites excluding steroid dienone is 2. The molecule has 0 bridgehead atoms. The Bertz CT molecular complexity index is 809. The molecule has 0 spiro atoms. The van der Waals surface area contributed by atoms with E-state index < -0.39 is 0 Å². The van der Waals surface area contributed by atoms with Crippen molar-refractivity contribution in [2.75, 3.05) is 4.90 Å². The molecule has 0 saturated heterocycles. The molecule has 0 amide bonds. The molecule has 4 rings (SSSR count). The van der Waals surface area contributed by atoms with Gasteiger partial charge < -0.3 is 4.90 Å². The van der Waals surface area contributed by atoms with Crippen LogP contribution >= 0.6 is 12.2 Å². The van der Waals surface area contributed by atoms with Gasteiger partial charge in [0.05, 0.1) is 0 Å². The van der Waals surface area contributed by atoms with Crippen molar-refractivity contribution in [3.05, 3.63) is 90.7 Å². The molecule has 0 aliphatic carbocycles. The molecule has 23 heavy (non-hydrogen) atoms. The summed E-state index contributed by atoms with van der Waals surface area (Å²) in [5.41, 5.74) is 2.21. The minimum absolute atomic E-state index is 0.0419. The van der Waals surface area contributed by atoms with E-state index in [9.17, 15) is 0 Å². The van der Waals surface area contributed by atoms with Gasteiger partial charge in [-0.05, 0) is 42.1 Å². The maximum atomic E-state index is 5.61. The Morgan fingerprint density at radius 1 is 0.870 bits per heavy atom. The third-order valence-corrected chi connectivity index (χ3v) is 4.21. The van der Waals surface area contributed by atoms with Crippen molar-refractivity contribution in [1.82, 2.24) is 4.90 Å². The number of aliphatic imine (C=N–C) groups is 1. The van der Waals surface area contributed by atoms with Gasteiger partial charge in [0.1, 0.15) is 12.0 Å². The predicted octanol–water partition coefficient (Wildman–Crippen LogP) is 4.27. The Morgan fingerprint density at radius 3 is 2.30 bits per heavy atom. The number of anilines is 1. The number of amidine groups is 1. The highest BCUT2D eigenvalue weighted by Gasteiger charge is 2.34. The van der Waals surface area contributed by atoms with E-state index in [0.29, 0.717) is 5.11 Å². The third-order valence-electron chi connectivity index (χ3n) is 3.92. The number of benzene rings is 2. The van der Waals surface area contributed by atoms with Crippen LogP contribution in [-0.2, 0) is 0 Å². The van der Waals surface area contributed by atoms with E-state index in [4.69, 9.17) is 12.2 Å². The second-order valence-electron chi connectivity index (χ2n) is 5.35. The van der Waals surface area contributed by atoms with Crippen molar-refractivity contribution in [2.45, 2.75) is 6.17 Å². The van der Waals surface area contributed by atoms with Gasteiger partial charge in [0.25, 0.3) is 0 Å². The molecule has 0 fully saturated rings. The van der Waals surface area contributed by atoms with Gasteiger partial charge in [-0.3, -0.25) is 4.90 Å². The van der Waals surface area contributed by atoms with E-state index in [-0.39, 0.29) is 6.17 Å². The summed E-state index contributed by atoms with van der Waals surface area (Å²) in [6.07, 6.45) is 8.00. The zero-order valence-electron chi connectivity index (χ0n) is 12.4. The molecular weight excluding hydrogens is 302 g/mol. The minimum atomic E-state index is -0.0419. The smallest absolute Gasteiger partial charge is 0.203 e. The van der Waals surface area contributed by atoms with Gasteiger partial charge in [0.2, 0.25) is 5.11 Å². The van der Waals surface area contributed by atoms with E-state index >= 15 is 0 Å². The molecule has 0 radical (unpaired) electrons. The van der Waals surface area contributed by atoms with Crippen molar-refractivity contribution in [1.29, 1.82) is 0 Å². The van der Waals surface area contributed by atoms with E-state index in [1.807, 2.05) is 48.7 Å². The SMILES string of the molecule is S=C1N=C2C=CC=CN2C(c2ccccc2)N1c1ccccc1. The standard InChI is InChI=1S/C19H15N3S/c23-19-20-17-13-7-8-14-21(17)18(15-9-3-1-4-10-15)22(19)16-11-5-2-6-12-16/h1-14,18H. The summed E-state index contributed by atoms with van der Waals surface area (Å²) in [5.74, 6) is 0.874. The topological polar surface area (TPSA) is 18.8 Å². The van der Waals surface area contributed by atoms with Gasteiger partial charge in [0, 0.05) is 11.9 Å². The zero-order chi connectivity index (χ0) is 15.6. The summed E-state index contributed by atoms with van der Waals surface area (Å²) in [7, 11) is 0. The monoisotopic (exact) mass is 317 g/mol. The van der Waals surface area contributed by atoms with E-state index in [0.717, 1.165) is 11.5 Å². The molecule has 2 aliphatic heterocycles. The highest BCUT2D eigenvalue weighted by molar-refractivity contribution is 7.80. The molecule has 2 aromatic rings. The van der Waals surface area contributed by atoms with Crippen molar-refractivity contribution >= 4 is 28.9 Å². The quantitative estimate of drug-likeness (QED) is 0.771. The Morgan fingerprint density at radius 2 is 1.57 bits per heavy atom. The number of para-hydroxylation sites is 1. The second kappa shape index (κ2) is 5.82. The van der Waals surface area contributed by atoms with E-state index in [1.54, 1.807) is 0 Å². The summed E-state index contributed by atoms with van der Waals surface area (Å²) >= 11 is 5.61. The predicted molar refractivity (Wildman–Crippen MR) is 98.3 cm³/mol. The Kier molecular flexibility index (Phi) is 3.52. The molecule has 2 heterocycles. The highest BCUT2D eigenvalue weighted by Crippen LogP contribution is 2.35. The number of hydrogen-bond donors (Lipinski definition) is 0. The first-order chi connectivity index (χ1) is 11.3. The van der Waals surface area contributed by atoms with Crippen LogP contribution in [0.5, 0.6) is 0 Å². The number of fused-ring (bicyclic) bond motifs is 1. The van der Waals surface area contributed by atoms with Gasteiger partial charge >= 0.3 is 0 Å². The van der Waals surface area contributed by atoms with E-state index in [1.165, 1.54) is 5.56 Å². The molecule has 1 atom stereocenters. The third kappa shape index (κ3) is 2.47. The summed E-state index contributed by atoms with van der Waals surface area (Å²) in [4.78, 5) is 8.85. The Hall–Kier alpha value is -2.72. The first-order valence-electron chi connectivity index (χ1n) is 7.50. The van der Waals surface area contributed by atoms with Crippen molar-refractivity contribution < 1.29 is 0 Å². The van der Waals surface area contributed by atoms with Crippen molar-refractivity contribution in [3.8, 4) is 0 Å². The first-order valence-corrected chi connectivity index (χ1v) is 7.90. The van der Waals surface area contributed by atoms with Crippen molar-refractivity contribution in [3.63, 3.8) is 0 Å². The number of nitrogens with zero attached hydrogens (tertiary/aromatic N) is 3. The lowest BCUT2D eigenvalue weighted by Gasteiger charge is -2.43. The highest BCUT2D eigenvalue weighted by atomic mass is 32.1. The summed E-state index contributed by atoms with van der Waals surface area (Å²) in [6.45, 7) is 0. The van der Waals surface area contributed by atoms with Crippen LogP contribution in [0.15, 0.2) is 90.1 Å². The average Bonchev–Trinajstić information content (AvgIpc) is 2.62. The molecule has 2 aromatic carbocycles. The molecule has 0 saturated carbocycles. The van der Waals surface area contributed by atoms with Crippen LogP contribution in [0.1, 0.15) is 11.7 Å². The molecular formula is C19H15N3S. The Labute approximate surface area is 140 Å². The summed E-state index contributed by atoms with van der Waals surface area (Å²) < 4.78 is 0. The molecule has 112 valence electrons. The lowest BCUT2D eigenvalue weighted by atomic mass is 10.1. The maximum absolute atomic E-state index is 5.61. The first kappa shape index (κ1) is 13.9. The van der Waals surface area contributed by atoms with Crippen LogP contribution in [0.4, 0.5) is 5.69 Å². The zero-order valence-corrected chi connectivity index (χ0v) is 13.2. The fourth-order valence-electron chi connectivity index (χ4n) is 2.90. The van der Waals surface area contributed by atoms with Gasteiger partial charge in [-0.1, -0.05) is 54.6 Å². The van der Waals surface area contributed by atoms with Gasteiger partial charge in [-0.2, -0.15) is 0 Å². The minimum Gasteiger partial charge on any atom is -0.307 e. The molecule has 2 aliphatic rings. The van der Waals surface area contributed by atoms with Crippen LogP contribution in [0, 0.1) is 0 Å². The van der Waals surface area contributed by atoms with Crippen molar-refractivity contribution in [2.24, 2.45) is 4.99 Å². The summed E-state index contributed by atoms with van der Waals surface area (Å²) in [6, 6.07) is 20.5. The van der Waals surface area contributed by atoms with Gasteiger partial charge in [0.15, 0.2) is 0 Å². The van der Waals surface area contributed by atoms with E-state index in [2.05, 4.69) is 51.2 Å². The Balaban J connectivity index is 1.88. The number of hydrogen-bond acceptors (Lipinski definition) is 2. The fourth-order valence-corrected chi connectivity index (χ4v) is 3.20. The molecule has 0 N–H and O–H groups in total. The van der Waals surface area contributed by atoms with Crippen LogP contribution in [-0.4, -0.2) is 15.8 Å². The molecule has 3 nitrogen and oxygen atoms in total. The lowest BCUT2D eigenvalue weighted by Crippen LogP contribution is -2.48. The fraction of sp³-hybridized carbons (Fsp3) is 0.0526. The van der Waals surface area contributed by atoms with Gasteiger partial charge in [-0.15, -0.1) is 0 Å². The second-order valence-corrected chi connectivity index (χ2v) is 5.72. The van der Waals surface area contributed by atoms with Crippen LogP contribution in [0.2, 0.25) is 0 Å². The average molecular weight is 317 g/mol. The molecule has 0 aromatic heterocycles. The lowest BCUT2D eigenvalue weighted by molar-refractivity contribution is 0.415. The normalized spacial score (nSPS) is 19.6. The number of rotatable bonds is 2. The van der Waals surface area contributed by atoms with Crippen LogP contribution in [0.25, 0.3) is 0 Å². The molecule has 4 heteroatoms. The van der Waals surface area contributed by atoms with Gasteiger partial charge in [-0.25, -0.2) is 4.99 Å². The largest absolute Gasteiger partial charge is 0.307 e.